The van der Waals surface area contributed by atoms with Crippen molar-refractivity contribution in [3.05, 3.63) is 59.2 Å². The Balaban J connectivity index is 2.45. The highest BCUT2D eigenvalue weighted by Crippen LogP contribution is 2.55. The van der Waals surface area contributed by atoms with E-state index in [4.69, 9.17) is 4.74 Å². The van der Waals surface area contributed by atoms with E-state index in [9.17, 15) is 9.59 Å². The lowest BCUT2D eigenvalue weighted by Crippen LogP contribution is -2.49. The molecule has 1 unspecified atom stereocenters. The monoisotopic (exact) mass is 466 g/mol. The van der Waals surface area contributed by atoms with Gasteiger partial charge in [-0.2, -0.15) is 0 Å². The summed E-state index contributed by atoms with van der Waals surface area (Å²) in [7, 11) is 0. The molecule has 1 aromatic carbocycles. The number of aryl methyl sites for hydroxylation is 1. The van der Waals surface area contributed by atoms with Gasteiger partial charge in [0.2, 0.25) is 0 Å². The second kappa shape index (κ2) is 10.2. The van der Waals surface area contributed by atoms with Crippen molar-refractivity contribution in [2.45, 2.75) is 88.5 Å². The minimum absolute atomic E-state index is 0.103. The molecule has 1 atom stereocenters. The molecule has 3 nitrogen and oxygen atoms in total. The normalized spacial score (nSPS) is 17.6. The number of ether oxygens (including phenoxy) is 1. The van der Waals surface area contributed by atoms with Crippen molar-refractivity contribution in [1.29, 1.82) is 0 Å². The lowest BCUT2D eigenvalue weighted by atomic mass is 9.53. The lowest BCUT2D eigenvalue weighted by Gasteiger charge is -2.49. The fourth-order valence-corrected chi connectivity index (χ4v) is 4.95. The number of benzene rings is 1. The van der Waals surface area contributed by atoms with Crippen LogP contribution in [0.3, 0.4) is 0 Å². The number of Topliss-reactive ketones (excluding diaryl/α,β-unsaturated/α-hetero) is 1. The topological polar surface area (TPSA) is 43.4 Å². The predicted molar refractivity (Wildman–Crippen MR) is 141 cm³/mol. The van der Waals surface area contributed by atoms with Gasteiger partial charge >= 0.3 is 5.97 Å². The average Bonchev–Trinajstić information content (AvgIpc) is 2.75. The van der Waals surface area contributed by atoms with E-state index in [1.54, 1.807) is 0 Å². The van der Waals surface area contributed by atoms with E-state index in [1.165, 1.54) is 5.56 Å². The summed E-state index contributed by atoms with van der Waals surface area (Å²) < 4.78 is 5.89. The Morgan fingerprint density at radius 1 is 0.912 bits per heavy atom. The molecule has 0 aliphatic heterocycles. The molecule has 1 aliphatic carbocycles. The first-order valence-electron chi connectivity index (χ1n) is 12.8. The van der Waals surface area contributed by atoms with E-state index in [-0.39, 0.29) is 28.5 Å². The Bertz CT molecular complexity index is 899. The minimum Gasteiger partial charge on any atom is -0.465 e. The molecule has 0 heterocycles. The summed E-state index contributed by atoms with van der Waals surface area (Å²) in [4.78, 5) is 27.2. The third kappa shape index (κ3) is 5.73. The molecule has 188 valence electrons. The van der Waals surface area contributed by atoms with Gasteiger partial charge < -0.3 is 4.74 Å². The zero-order valence-electron chi connectivity index (χ0n) is 23.2. The number of rotatable bonds is 8. The Labute approximate surface area is 208 Å². The van der Waals surface area contributed by atoms with Crippen LogP contribution in [0.25, 0.3) is 0 Å². The molecule has 34 heavy (non-hydrogen) atoms. The summed E-state index contributed by atoms with van der Waals surface area (Å²) in [5, 5.41) is 0. The molecule has 0 fully saturated rings. The molecule has 0 saturated carbocycles. The second-order valence-electron chi connectivity index (χ2n) is 12.5. The summed E-state index contributed by atoms with van der Waals surface area (Å²) >= 11 is 0. The number of ketones is 1. The number of carbonyl (C=O) groups is 2. The summed E-state index contributed by atoms with van der Waals surface area (Å²) in [6.07, 6.45) is 6.78. The van der Waals surface area contributed by atoms with Crippen molar-refractivity contribution in [3.63, 3.8) is 0 Å². The van der Waals surface area contributed by atoms with Crippen LogP contribution in [-0.4, -0.2) is 18.4 Å². The fourth-order valence-electron chi connectivity index (χ4n) is 4.95. The number of allylic oxidation sites excluding steroid dienone is 4. The number of hydrogen-bond donors (Lipinski definition) is 0. The number of hydrogen-bond acceptors (Lipinski definition) is 3. The molecule has 2 rings (SSSR count). The molecule has 0 radical (unpaired) electrons. The van der Waals surface area contributed by atoms with E-state index in [0.717, 1.165) is 30.4 Å². The van der Waals surface area contributed by atoms with Gasteiger partial charge in [0, 0.05) is 16.6 Å². The van der Waals surface area contributed by atoms with Gasteiger partial charge in [0.1, 0.15) is 0 Å². The lowest BCUT2D eigenvalue weighted by molar-refractivity contribution is -0.160. The van der Waals surface area contributed by atoms with Gasteiger partial charge in [-0.15, -0.1) is 0 Å². The fraction of sp³-hybridized carbons (Fsp3) is 0.613. The SMILES string of the molecule is CCC(C)C1(C(C)(C)C(=O)OCCCc2ccccc2)C=C(C(C)(C)C)C(=O)C(C(C)(C)C)=C1. The predicted octanol–water partition coefficient (Wildman–Crippen LogP) is 7.75. The highest BCUT2D eigenvalue weighted by molar-refractivity contribution is 6.11. The third-order valence-corrected chi connectivity index (χ3v) is 7.58. The molecule has 0 N–H and O–H groups in total. The van der Waals surface area contributed by atoms with Crippen molar-refractivity contribution in [2.75, 3.05) is 6.61 Å². The quantitative estimate of drug-likeness (QED) is 0.290. The van der Waals surface area contributed by atoms with Crippen LogP contribution in [0, 0.1) is 27.6 Å². The number of carbonyl (C=O) groups excluding carboxylic acids is 2. The Hall–Kier alpha value is -2.16. The number of esters is 1. The van der Waals surface area contributed by atoms with E-state index in [1.807, 2.05) is 32.0 Å². The molecular weight excluding hydrogens is 420 g/mol. The Morgan fingerprint density at radius 3 is 1.85 bits per heavy atom. The van der Waals surface area contributed by atoms with E-state index >= 15 is 0 Å². The second-order valence-corrected chi connectivity index (χ2v) is 12.5. The summed E-state index contributed by atoms with van der Waals surface area (Å²) in [6.45, 7) is 21.2. The summed E-state index contributed by atoms with van der Waals surface area (Å²) in [5.41, 5.74) is 0.748. The third-order valence-electron chi connectivity index (χ3n) is 7.58. The molecule has 1 aliphatic rings. The van der Waals surface area contributed by atoms with E-state index in [0.29, 0.717) is 6.61 Å². The van der Waals surface area contributed by atoms with Crippen LogP contribution >= 0.6 is 0 Å². The maximum absolute atomic E-state index is 13.6. The first-order valence-corrected chi connectivity index (χ1v) is 12.8. The molecular formula is C31H46O3. The van der Waals surface area contributed by atoms with E-state index < -0.39 is 10.8 Å². The highest BCUT2D eigenvalue weighted by atomic mass is 16.5. The van der Waals surface area contributed by atoms with Crippen LogP contribution in [0.2, 0.25) is 0 Å². The van der Waals surface area contributed by atoms with Gasteiger partial charge in [0.15, 0.2) is 5.78 Å². The van der Waals surface area contributed by atoms with E-state index in [2.05, 4.69) is 79.7 Å². The van der Waals surface area contributed by atoms with Crippen molar-refractivity contribution in [1.82, 2.24) is 0 Å². The maximum atomic E-state index is 13.6. The molecule has 1 aromatic rings. The Morgan fingerprint density at radius 2 is 1.41 bits per heavy atom. The highest BCUT2D eigenvalue weighted by Gasteiger charge is 2.54. The molecule has 0 bridgehead atoms. The van der Waals surface area contributed by atoms with Gasteiger partial charge in [0.05, 0.1) is 12.0 Å². The largest absolute Gasteiger partial charge is 0.465 e. The van der Waals surface area contributed by atoms with Crippen LogP contribution < -0.4 is 0 Å². The molecule has 0 aromatic heterocycles. The van der Waals surface area contributed by atoms with Crippen molar-refractivity contribution < 1.29 is 14.3 Å². The van der Waals surface area contributed by atoms with Crippen LogP contribution in [0.1, 0.15) is 87.6 Å². The van der Waals surface area contributed by atoms with Crippen LogP contribution in [0.4, 0.5) is 0 Å². The van der Waals surface area contributed by atoms with Crippen molar-refractivity contribution in [3.8, 4) is 0 Å². The molecule has 0 amide bonds. The van der Waals surface area contributed by atoms with Gasteiger partial charge in [-0.3, -0.25) is 9.59 Å². The van der Waals surface area contributed by atoms with Crippen molar-refractivity contribution >= 4 is 11.8 Å². The van der Waals surface area contributed by atoms with Crippen LogP contribution in [0.15, 0.2) is 53.6 Å². The summed E-state index contributed by atoms with van der Waals surface area (Å²) in [6, 6.07) is 10.3. The maximum Gasteiger partial charge on any atom is 0.312 e. The molecule has 3 heteroatoms. The van der Waals surface area contributed by atoms with Gasteiger partial charge in [0.25, 0.3) is 0 Å². The molecule has 0 spiro atoms. The minimum atomic E-state index is -0.830. The average molecular weight is 467 g/mol. The zero-order valence-corrected chi connectivity index (χ0v) is 23.2. The van der Waals surface area contributed by atoms with Crippen LogP contribution in [-0.2, 0) is 20.7 Å². The van der Waals surface area contributed by atoms with Gasteiger partial charge in [-0.25, -0.2) is 0 Å². The smallest absolute Gasteiger partial charge is 0.312 e. The van der Waals surface area contributed by atoms with Crippen LogP contribution in [0.5, 0.6) is 0 Å². The molecule has 0 saturated heterocycles. The Kier molecular flexibility index (Phi) is 8.44. The van der Waals surface area contributed by atoms with Gasteiger partial charge in [-0.05, 0) is 49.0 Å². The van der Waals surface area contributed by atoms with Gasteiger partial charge in [-0.1, -0.05) is 104 Å². The summed E-state index contributed by atoms with van der Waals surface area (Å²) in [5.74, 6) is 0.0531. The first kappa shape index (κ1) is 28.1. The van der Waals surface area contributed by atoms with Crippen molar-refractivity contribution in [2.24, 2.45) is 27.6 Å². The zero-order chi connectivity index (χ0) is 25.9. The standard InChI is InChI=1S/C31H46O3/c1-11-22(2)31(20-24(28(3,4)5)26(32)25(21-31)29(6,7)8)30(9,10)27(33)34-19-15-18-23-16-13-12-14-17-23/h12-14,16-17,20-22H,11,15,18-19H2,1-10H3. The first-order chi connectivity index (χ1) is 15.6.